The van der Waals surface area contributed by atoms with Crippen molar-refractivity contribution in [3.63, 3.8) is 0 Å². The van der Waals surface area contributed by atoms with E-state index >= 15 is 0 Å². The van der Waals surface area contributed by atoms with Gasteiger partial charge in [-0.2, -0.15) is 0 Å². The second-order valence-electron chi connectivity index (χ2n) is 4.01. The van der Waals surface area contributed by atoms with E-state index in [2.05, 4.69) is 4.72 Å². The van der Waals surface area contributed by atoms with Crippen molar-refractivity contribution in [1.82, 2.24) is 4.72 Å². The van der Waals surface area contributed by atoms with E-state index in [-0.39, 0.29) is 13.2 Å². The fourth-order valence-electron chi connectivity index (χ4n) is 1.51. The molecular formula is C9H17NO5S. The minimum atomic E-state index is -3.35. The molecule has 1 unspecified atom stereocenters. The Morgan fingerprint density at radius 3 is 2.50 bits per heavy atom. The second-order valence-corrected chi connectivity index (χ2v) is 5.85. The molecule has 0 aliphatic heterocycles. The summed E-state index contributed by atoms with van der Waals surface area (Å²) in [6, 6.07) is 0. The largest absolute Gasteiger partial charge is 0.465 e. The zero-order valence-electron chi connectivity index (χ0n) is 9.39. The van der Waals surface area contributed by atoms with Crippen molar-refractivity contribution in [2.45, 2.75) is 25.9 Å². The van der Waals surface area contributed by atoms with Crippen LogP contribution in [-0.4, -0.2) is 45.0 Å². The molecular weight excluding hydrogens is 234 g/mol. The number of ether oxygens (including phenoxy) is 1. The van der Waals surface area contributed by atoms with Crippen LogP contribution in [-0.2, 0) is 19.6 Å². The van der Waals surface area contributed by atoms with E-state index < -0.39 is 27.5 Å². The standard InChI is InChI=1S/C9H17NO5S/c1-3-15-8(12)9(4-5-9)7(11)6-10-16(2,13)14/h7,10-11H,3-6H2,1-2H3. The Balaban J connectivity index is 2.53. The van der Waals surface area contributed by atoms with Gasteiger partial charge in [0.25, 0.3) is 0 Å². The van der Waals surface area contributed by atoms with E-state index in [9.17, 15) is 18.3 Å². The molecule has 1 saturated carbocycles. The van der Waals surface area contributed by atoms with Gasteiger partial charge in [-0.3, -0.25) is 4.79 Å². The van der Waals surface area contributed by atoms with Gasteiger partial charge in [0.2, 0.25) is 10.0 Å². The lowest BCUT2D eigenvalue weighted by Gasteiger charge is -2.20. The van der Waals surface area contributed by atoms with Crippen LogP contribution in [0.3, 0.4) is 0 Å². The molecule has 0 aromatic rings. The maximum absolute atomic E-state index is 11.5. The van der Waals surface area contributed by atoms with Gasteiger partial charge in [0.05, 0.1) is 24.4 Å². The molecule has 1 atom stereocenters. The summed E-state index contributed by atoms with van der Waals surface area (Å²) in [5.41, 5.74) is -0.895. The molecule has 0 spiro atoms. The zero-order chi connectivity index (χ0) is 12.4. The highest BCUT2D eigenvalue weighted by molar-refractivity contribution is 7.88. The smallest absolute Gasteiger partial charge is 0.314 e. The highest BCUT2D eigenvalue weighted by Gasteiger charge is 2.56. The molecule has 0 heterocycles. The molecule has 0 aromatic carbocycles. The van der Waals surface area contributed by atoms with Crippen LogP contribution < -0.4 is 4.72 Å². The minimum absolute atomic E-state index is 0.155. The van der Waals surface area contributed by atoms with Gasteiger partial charge < -0.3 is 9.84 Å². The third kappa shape index (κ3) is 3.16. The van der Waals surface area contributed by atoms with Gasteiger partial charge in [-0.25, -0.2) is 13.1 Å². The normalized spacial score (nSPS) is 20.2. The lowest BCUT2D eigenvalue weighted by Crippen LogP contribution is -2.41. The first-order valence-electron chi connectivity index (χ1n) is 5.12. The number of hydrogen-bond donors (Lipinski definition) is 2. The lowest BCUT2D eigenvalue weighted by molar-refractivity contribution is -0.154. The third-order valence-corrected chi connectivity index (χ3v) is 3.34. The summed E-state index contributed by atoms with van der Waals surface area (Å²) in [4.78, 5) is 11.5. The van der Waals surface area contributed by atoms with Gasteiger partial charge in [-0.05, 0) is 19.8 Å². The van der Waals surface area contributed by atoms with Crippen LogP contribution >= 0.6 is 0 Å². The summed E-state index contributed by atoms with van der Waals surface area (Å²) in [5, 5.41) is 9.77. The number of esters is 1. The number of aliphatic hydroxyl groups excluding tert-OH is 1. The Morgan fingerprint density at radius 1 is 1.56 bits per heavy atom. The van der Waals surface area contributed by atoms with Gasteiger partial charge in [-0.15, -0.1) is 0 Å². The number of hydrogen-bond acceptors (Lipinski definition) is 5. The molecule has 7 heteroatoms. The first-order chi connectivity index (χ1) is 7.32. The van der Waals surface area contributed by atoms with Crippen molar-refractivity contribution in [1.29, 1.82) is 0 Å². The first kappa shape index (κ1) is 13.4. The van der Waals surface area contributed by atoms with Gasteiger partial charge >= 0.3 is 5.97 Å². The summed E-state index contributed by atoms with van der Waals surface area (Å²) in [5.74, 6) is -0.446. The van der Waals surface area contributed by atoms with Crippen molar-refractivity contribution >= 4 is 16.0 Å². The predicted octanol–water partition coefficient (Wildman–Crippen LogP) is -0.760. The van der Waals surface area contributed by atoms with E-state index in [1.54, 1.807) is 6.92 Å². The molecule has 0 saturated heterocycles. The molecule has 1 aliphatic rings. The van der Waals surface area contributed by atoms with Crippen LogP contribution in [0.4, 0.5) is 0 Å². The average molecular weight is 251 g/mol. The predicted molar refractivity (Wildman–Crippen MR) is 57.2 cm³/mol. The van der Waals surface area contributed by atoms with E-state index in [1.807, 2.05) is 0 Å². The monoisotopic (exact) mass is 251 g/mol. The van der Waals surface area contributed by atoms with E-state index in [0.29, 0.717) is 12.8 Å². The molecule has 6 nitrogen and oxygen atoms in total. The van der Waals surface area contributed by atoms with Crippen molar-refractivity contribution in [2.24, 2.45) is 5.41 Å². The zero-order valence-corrected chi connectivity index (χ0v) is 10.2. The minimum Gasteiger partial charge on any atom is -0.465 e. The SMILES string of the molecule is CCOC(=O)C1(C(O)CNS(C)(=O)=O)CC1. The molecule has 0 radical (unpaired) electrons. The summed E-state index contributed by atoms with van der Waals surface area (Å²) in [6.45, 7) is 1.79. The molecule has 16 heavy (non-hydrogen) atoms. The molecule has 1 fully saturated rings. The number of sulfonamides is 1. The number of rotatable bonds is 6. The van der Waals surface area contributed by atoms with Gasteiger partial charge in [0, 0.05) is 6.54 Å². The molecule has 1 aliphatic carbocycles. The first-order valence-corrected chi connectivity index (χ1v) is 7.01. The lowest BCUT2D eigenvalue weighted by atomic mass is 10.00. The van der Waals surface area contributed by atoms with Gasteiger partial charge in [-0.1, -0.05) is 0 Å². The topological polar surface area (TPSA) is 92.7 Å². The summed E-state index contributed by atoms with van der Waals surface area (Å²) >= 11 is 0. The Hall–Kier alpha value is -0.660. The van der Waals surface area contributed by atoms with Crippen LogP contribution in [0, 0.1) is 5.41 Å². The van der Waals surface area contributed by atoms with Crippen molar-refractivity contribution in [3.8, 4) is 0 Å². The number of aliphatic hydroxyl groups is 1. The summed E-state index contributed by atoms with van der Waals surface area (Å²) < 4.78 is 28.7. The van der Waals surface area contributed by atoms with Crippen molar-refractivity contribution < 1.29 is 23.1 Å². The number of nitrogens with one attached hydrogen (secondary N) is 1. The molecule has 1 rings (SSSR count). The van der Waals surface area contributed by atoms with Gasteiger partial charge in [0.1, 0.15) is 0 Å². The van der Waals surface area contributed by atoms with Crippen LogP contribution in [0.2, 0.25) is 0 Å². The second kappa shape index (κ2) is 4.68. The van der Waals surface area contributed by atoms with Crippen LogP contribution in [0.1, 0.15) is 19.8 Å². The summed E-state index contributed by atoms with van der Waals surface area (Å²) in [6.07, 6.45) is 1.06. The molecule has 0 aromatic heterocycles. The molecule has 2 N–H and O–H groups in total. The number of carbonyl (C=O) groups excluding carboxylic acids is 1. The molecule has 0 amide bonds. The Bertz CT molecular complexity index is 360. The van der Waals surface area contributed by atoms with Crippen LogP contribution in [0.25, 0.3) is 0 Å². The number of carbonyl (C=O) groups is 1. The van der Waals surface area contributed by atoms with Crippen LogP contribution in [0.15, 0.2) is 0 Å². The fourth-order valence-corrected chi connectivity index (χ4v) is 1.97. The van der Waals surface area contributed by atoms with E-state index in [0.717, 1.165) is 6.26 Å². The Kier molecular flexibility index (Phi) is 3.92. The average Bonchev–Trinajstić information content (AvgIpc) is 2.94. The highest BCUT2D eigenvalue weighted by atomic mass is 32.2. The van der Waals surface area contributed by atoms with Crippen molar-refractivity contribution in [2.75, 3.05) is 19.4 Å². The van der Waals surface area contributed by atoms with E-state index in [1.165, 1.54) is 0 Å². The van der Waals surface area contributed by atoms with E-state index in [4.69, 9.17) is 4.74 Å². The third-order valence-electron chi connectivity index (χ3n) is 2.65. The Morgan fingerprint density at radius 2 is 2.12 bits per heavy atom. The highest BCUT2D eigenvalue weighted by Crippen LogP contribution is 2.49. The molecule has 0 bridgehead atoms. The van der Waals surface area contributed by atoms with Crippen LogP contribution in [0.5, 0.6) is 0 Å². The quantitative estimate of drug-likeness (QED) is 0.605. The van der Waals surface area contributed by atoms with Crippen molar-refractivity contribution in [3.05, 3.63) is 0 Å². The van der Waals surface area contributed by atoms with Gasteiger partial charge in [0.15, 0.2) is 0 Å². The molecule has 94 valence electrons. The fraction of sp³-hybridized carbons (Fsp3) is 0.889. The maximum atomic E-state index is 11.5. The summed E-state index contributed by atoms with van der Waals surface area (Å²) in [7, 11) is -3.35. The maximum Gasteiger partial charge on any atom is 0.314 e. The Labute approximate surface area is 95.0 Å².